The van der Waals surface area contributed by atoms with Crippen molar-refractivity contribution in [1.29, 1.82) is 0 Å². The van der Waals surface area contributed by atoms with E-state index in [1.54, 1.807) is 17.0 Å². The quantitative estimate of drug-likeness (QED) is 0.804. The fourth-order valence-corrected chi connectivity index (χ4v) is 3.21. The highest BCUT2D eigenvalue weighted by Gasteiger charge is 2.25. The van der Waals surface area contributed by atoms with Crippen LogP contribution >= 0.6 is 11.6 Å². The van der Waals surface area contributed by atoms with E-state index in [9.17, 15) is 9.59 Å². The zero-order chi connectivity index (χ0) is 19.9. The highest BCUT2D eigenvalue weighted by molar-refractivity contribution is 6.39. The van der Waals surface area contributed by atoms with Gasteiger partial charge in [-0.2, -0.15) is 0 Å². The lowest BCUT2D eigenvalue weighted by atomic mass is 10.2. The van der Waals surface area contributed by atoms with Crippen LogP contribution in [-0.2, 0) is 9.59 Å². The van der Waals surface area contributed by atoms with Gasteiger partial charge in [-0.15, -0.1) is 0 Å². The molecule has 0 radical (unpaired) electrons. The number of hydrogen-bond donors (Lipinski definition) is 1. The molecule has 0 atom stereocenters. The molecule has 2 amide bonds. The highest BCUT2D eigenvalue weighted by atomic mass is 35.5. The SMILES string of the molecule is Cc1ccc(NC(=O)C(=O)N2CCN(C/C=C/c3ccccc3)CC2)cc1Cl. The molecule has 0 unspecified atom stereocenters. The van der Waals surface area contributed by atoms with Gasteiger partial charge in [0.25, 0.3) is 0 Å². The van der Waals surface area contributed by atoms with Crippen LogP contribution in [0.5, 0.6) is 0 Å². The molecule has 1 fully saturated rings. The van der Waals surface area contributed by atoms with E-state index >= 15 is 0 Å². The summed E-state index contributed by atoms with van der Waals surface area (Å²) in [7, 11) is 0. The van der Waals surface area contributed by atoms with Crippen molar-refractivity contribution in [2.45, 2.75) is 6.92 Å². The van der Waals surface area contributed by atoms with Crippen LogP contribution in [0.4, 0.5) is 5.69 Å². The summed E-state index contributed by atoms with van der Waals surface area (Å²) in [6.45, 7) is 5.28. The first-order chi connectivity index (χ1) is 13.5. The summed E-state index contributed by atoms with van der Waals surface area (Å²) in [5.74, 6) is -1.13. The van der Waals surface area contributed by atoms with Crippen LogP contribution in [0.3, 0.4) is 0 Å². The van der Waals surface area contributed by atoms with E-state index in [1.807, 2.05) is 31.2 Å². The van der Waals surface area contributed by atoms with E-state index in [2.05, 4.69) is 34.5 Å². The van der Waals surface area contributed by atoms with Crippen LogP contribution in [0.1, 0.15) is 11.1 Å². The van der Waals surface area contributed by atoms with E-state index in [4.69, 9.17) is 11.6 Å². The van der Waals surface area contributed by atoms with Gasteiger partial charge in [0.2, 0.25) is 0 Å². The van der Waals surface area contributed by atoms with E-state index in [0.29, 0.717) is 23.8 Å². The summed E-state index contributed by atoms with van der Waals surface area (Å²) in [6.07, 6.45) is 4.22. The minimum absolute atomic E-state index is 0.504. The van der Waals surface area contributed by atoms with Crippen molar-refractivity contribution in [2.24, 2.45) is 0 Å². The zero-order valence-electron chi connectivity index (χ0n) is 15.9. The molecule has 0 bridgehead atoms. The second-order valence-electron chi connectivity index (χ2n) is 6.82. The average molecular weight is 398 g/mol. The minimum Gasteiger partial charge on any atom is -0.332 e. The van der Waals surface area contributed by atoms with Gasteiger partial charge in [0, 0.05) is 43.4 Å². The molecule has 2 aromatic carbocycles. The number of benzene rings is 2. The van der Waals surface area contributed by atoms with Crippen LogP contribution in [0.15, 0.2) is 54.6 Å². The predicted molar refractivity (Wildman–Crippen MR) is 113 cm³/mol. The maximum Gasteiger partial charge on any atom is 0.313 e. The van der Waals surface area contributed by atoms with Gasteiger partial charge in [-0.25, -0.2) is 0 Å². The molecule has 0 spiro atoms. The summed E-state index contributed by atoms with van der Waals surface area (Å²) >= 11 is 6.06. The topological polar surface area (TPSA) is 52.7 Å². The van der Waals surface area contributed by atoms with Gasteiger partial charge in [-0.1, -0.05) is 60.2 Å². The maximum atomic E-state index is 12.4. The van der Waals surface area contributed by atoms with Crippen molar-refractivity contribution in [3.63, 3.8) is 0 Å². The van der Waals surface area contributed by atoms with E-state index in [-0.39, 0.29) is 0 Å². The third kappa shape index (κ3) is 5.44. The summed E-state index contributed by atoms with van der Waals surface area (Å²) in [6, 6.07) is 15.4. The third-order valence-electron chi connectivity index (χ3n) is 4.76. The second kappa shape index (κ2) is 9.53. The molecule has 0 aromatic heterocycles. The summed E-state index contributed by atoms with van der Waals surface area (Å²) in [4.78, 5) is 28.5. The lowest BCUT2D eigenvalue weighted by molar-refractivity contribution is -0.144. The Kier molecular flexibility index (Phi) is 6.85. The van der Waals surface area contributed by atoms with Crippen molar-refractivity contribution in [2.75, 3.05) is 38.0 Å². The van der Waals surface area contributed by atoms with Gasteiger partial charge in [0.1, 0.15) is 0 Å². The highest BCUT2D eigenvalue weighted by Crippen LogP contribution is 2.20. The monoisotopic (exact) mass is 397 g/mol. The number of amides is 2. The molecule has 1 aliphatic heterocycles. The van der Waals surface area contributed by atoms with Crippen molar-refractivity contribution in [3.05, 3.63) is 70.8 Å². The number of hydrogen-bond acceptors (Lipinski definition) is 3. The number of piperazine rings is 1. The Labute approximate surface area is 170 Å². The van der Waals surface area contributed by atoms with Crippen molar-refractivity contribution in [3.8, 4) is 0 Å². The first-order valence-electron chi connectivity index (χ1n) is 9.33. The molecule has 1 aliphatic rings. The first-order valence-corrected chi connectivity index (χ1v) is 9.71. The Hall–Kier alpha value is -2.63. The van der Waals surface area contributed by atoms with Gasteiger partial charge >= 0.3 is 11.8 Å². The molecular formula is C22H24ClN3O2. The molecular weight excluding hydrogens is 374 g/mol. The second-order valence-corrected chi connectivity index (χ2v) is 7.23. The standard InChI is InChI=1S/C22H24ClN3O2/c1-17-9-10-19(16-20(17)23)24-21(27)22(28)26-14-12-25(13-15-26)11-5-8-18-6-3-2-4-7-18/h2-10,16H,11-15H2,1H3,(H,24,27)/b8-5+. The Balaban J connectivity index is 1.45. The smallest absolute Gasteiger partial charge is 0.313 e. The van der Waals surface area contributed by atoms with Crippen molar-refractivity contribution in [1.82, 2.24) is 9.80 Å². The number of nitrogens with one attached hydrogen (secondary N) is 1. The van der Waals surface area contributed by atoms with Gasteiger partial charge in [0.05, 0.1) is 0 Å². The number of anilines is 1. The average Bonchev–Trinajstić information content (AvgIpc) is 2.71. The summed E-state index contributed by atoms with van der Waals surface area (Å²) < 4.78 is 0. The third-order valence-corrected chi connectivity index (χ3v) is 5.16. The number of nitrogens with zero attached hydrogens (tertiary/aromatic N) is 2. The fourth-order valence-electron chi connectivity index (χ4n) is 3.03. The molecule has 146 valence electrons. The maximum absolute atomic E-state index is 12.4. The molecule has 0 saturated carbocycles. The Morgan fingerprint density at radius 1 is 1.07 bits per heavy atom. The van der Waals surface area contributed by atoms with Crippen LogP contribution < -0.4 is 5.32 Å². The fraction of sp³-hybridized carbons (Fsp3) is 0.273. The number of halogens is 1. The van der Waals surface area contributed by atoms with Gasteiger partial charge in [-0.05, 0) is 30.2 Å². The first kappa shape index (κ1) is 20.1. The Bertz CT molecular complexity index is 859. The zero-order valence-corrected chi connectivity index (χ0v) is 16.7. The molecule has 1 heterocycles. The van der Waals surface area contributed by atoms with E-state index in [0.717, 1.165) is 25.2 Å². The molecule has 1 saturated heterocycles. The lowest BCUT2D eigenvalue weighted by Gasteiger charge is -2.33. The van der Waals surface area contributed by atoms with Crippen LogP contribution in [-0.4, -0.2) is 54.3 Å². The Morgan fingerprint density at radius 2 is 1.79 bits per heavy atom. The van der Waals surface area contributed by atoms with Crippen molar-refractivity contribution >= 4 is 35.2 Å². The van der Waals surface area contributed by atoms with Gasteiger partial charge < -0.3 is 10.2 Å². The van der Waals surface area contributed by atoms with Crippen LogP contribution in [0, 0.1) is 6.92 Å². The van der Waals surface area contributed by atoms with Gasteiger partial charge in [-0.3, -0.25) is 14.5 Å². The van der Waals surface area contributed by atoms with Gasteiger partial charge in [0.15, 0.2) is 0 Å². The van der Waals surface area contributed by atoms with E-state index < -0.39 is 11.8 Å². The van der Waals surface area contributed by atoms with Crippen molar-refractivity contribution < 1.29 is 9.59 Å². The summed E-state index contributed by atoms with van der Waals surface area (Å²) in [5.41, 5.74) is 2.62. The van der Waals surface area contributed by atoms with Crippen LogP contribution in [0.2, 0.25) is 5.02 Å². The number of carbonyl (C=O) groups excluding carboxylic acids is 2. The molecule has 2 aromatic rings. The molecule has 28 heavy (non-hydrogen) atoms. The minimum atomic E-state index is -0.627. The number of carbonyl (C=O) groups is 2. The molecule has 1 N–H and O–H groups in total. The Morgan fingerprint density at radius 3 is 2.46 bits per heavy atom. The molecule has 3 rings (SSSR count). The normalized spacial score (nSPS) is 15.0. The van der Waals surface area contributed by atoms with Crippen LogP contribution in [0.25, 0.3) is 6.08 Å². The molecule has 0 aliphatic carbocycles. The largest absolute Gasteiger partial charge is 0.332 e. The van der Waals surface area contributed by atoms with E-state index in [1.165, 1.54) is 5.56 Å². The lowest BCUT2D eigenvalue weighted by Crippen LogP contribution is -2.51. The number of aryl methyl sites for hydroxylation is 1. The summed E-state index contributed by atoms with van der Waals surface area (Å²) in [5, 5.41) is 3.19. The number of rotatable bonds is 4. The molecule has 5 nitrogen and oxygen atoms in total. The molecule has 6 heteroatoms. The predicted octanol–water partition coefficient (Wildman–Crippen LogP) is 3.44.